The van der Waals surface area contributed by atoms with Crippen LogP contribution in [0.15, 0.2) is 35.7 Å². The van der Waals surface area contributed by atoms with Crippen molar-refractivity contribution in [1.29, 1.82) is 0 Å². The minimum absolute atomic E-state index is 0.0999. The summed E-state index contributed by atoms with van der Waals surface area (Å²) in [5.74, 6) is 0. The molecule has 1 unspecified atom stereocenters. The number of rotatable bonds is 1. The lowest BCUT2D eigenvalue weighted by Gasteiger charge is -2.10. The first-order valence-corrected chi connectivity index (χ1v) is 7.05. The molecule has 1 fully saturated rings. The van der Waals surface area contributed by atoms with Crippen LogP contribution in [0, 0.1) is 0 Å². The predicted molar refractivity (Wildman–Crippen MR) is 73.0 cm³/mol. The summed E-state index contributed by atoms with van der Waals surface area (Å²) < 4.78 is 44.9. The second-order valence-electron chi connectivity index (χ2n) is 4.88. The molecule has 1 saturated heterocycles. The molecule has 0 spiro atoms. The van der Waals surface area contributed by atoms with Crippen molar-refractivity contribution in [3.63, 3.8) is 0 Å². The van der Waals surface area contributed by atoms with Crippen LogP contribution in [0.25, 0.3) is 20.9 Å². The lowest BCUT2D eigenvalue weighted by Crippen LogP contribution is -2.04. The summed E-state index contributed by atoms with van der Waals surface area (Å²) in [6, 6.07) is 7.75. The van der Waals surface area contributed by atoms with E-state index in [-0.39, 0.29) is 6.10 Å². The number of hydrogen-bond donors (Lipinski definition) is 0. The van der Waals surface area contributed by atoms with E-state index in [9.17, 15) is 13.2 Å². The SMILES string of the molecule is FC(F)(F)c1ccc2cc(C3CO3)c3sccc3c2c1. The second kappa shape index (κ2) is 3.96. The number of alkyl halides is 3. The highest BCUT2D eigenvalue weighted by Gasteiger charge is 2.31. The quantitative estimate of drug-likeness (QED) is 0.566. The van der Waals surface area contributed by atoms with Gasteiger partial charge in [-0.2, -0.15) is 13.2 Å². The zero-order valence-corrected chi connectivity index (χ0v) is 11.0. The Morgan fingerprint density at radius 1 is 1.10 bits per heavy atom. The Balaban J connectivity index is 2.06. The lowest BCUT2D eigenvalue weighted by atomic mass is 9.99. The summed E-state index contributed by atoms with van der Waals surface area (Å²) in [7, 11) is 0. The Bertz CT molecular complexity index is 815. The topological polar surface area (TPSA) is 12.5 Å². The molecule has 0 amide bonds. The van der Waals surface area contributed by atoms with E-state index in [1.54, 1.807) is 17.4 Å². The second-order valence-corrected chi connectivity index (χ2v) is 5.80. The van der Waals surface area contributed by atoms with Crippen LogP contribution in [0.5, 0.6) is 0 Å². The molecule has 1 aromatic heterocycles. The molecule has 0 radical (unpaired) electrons. The Hall–Kier alpha value is -1.59. The van der Waals surface area contributed by atoms with Crippen molar-refractivity contribution in [3.8, 4) is 0 Å². The van der Waals surface area contributed by atoms with Gasteiger partial charge in [0.05, 0.1) is 12.2 Å². The van der Waals surface area contributed by atoms with Crippen LogP contribution >= 0.6 is 11.3 Å². The van der Waals surface area contributed by atoms with Gasteiger partial charge in [0.2, 0.25) is 0 Å². The monoisotopic (exact) mass is 294 g/mol. The van der Waals surface area contributed by atoms with E-state index in [0.717, 1.165) is 27.1 Å². The van der Waals surface area contributed by atoms with Crippen molar-refractivity contribution in [1.82, 2.24) is 0 Å². The summed E-state index contributed by atoms with van der Waals surface area (Å²) in [6.07, 6.45) is -4.21. The van der Waals surface area contributed by atoms with Crippen molar-refractivity contribution >= 4 is 32.2 Å². The van der Waals surface area contributed by atoms with Crippen LogP contribution in [-0.2, 0) is 10.9 Å². The molecule has 1 aliphatic rings. The summed E-state index contributed by atoms with van der Waals surface area (Å²) in [5, 5.41) is 4.27. The highest BCUT2D eigenvalue weighted by Crippen LogP contribution is 2.42. The first-order valence-electron chi connectivity index (χ1n) is 6.17. The van der Waals surface area contributed by atoms with Crippen molar-refractivity contribution in [2.75, 3.05) is 6.61 Å². The van der Waals surface area contributed by atoms with Gasteiger partial charge in [-0.25, -0.2) is 0 Å². The van der Waals surface area contributed by atoms with Gasteiger partial charge in [-0.05, 0) is 40.4 Å². The summed E-state index contributed by atoms with van der Waals surface area (Å²) in [4.78, 5) is 0. The van der Waals surface area contributed by atoms with Crippen LogP contribution in [0.2, 0.25) is 0 Å². The van der Waals surface area contributed by atoms with Gasteiger partial charge in [0, 0.05) is 15.6 Å². The maximum absolute atomic E-state index is 12.8. The standard InChI is InChI=1S/C15H9F3OS/c16-15(17,18)9-2-1-8-5-12(13-7-19-13)14-10(3-4-20-14)11(8)6-9/h1-6,13H,7H2. The molecule has 2 heterocycles. The number of thiophene rings is 1. The highest BCUT2D eigenvalue weighted by atomic mass is 32.1. The molecule has 5 heteroatoms. The van der Waals surface area contributed by atoms with Crippen molar-refractivity contribution in [3.05, 3.63) is 46.8 Å². The number of halogens is 3. The van der Waals surface area contributed by atoms with E-state index in [1.807, 2.05) is 17.5 Å². The average Bonchev–Trinajstić information content (AvgIpc) is 3.12. The molecule has 1 atom stereocenters. The Morgan fingerprint density at radius 2 is 1.90 bits per heavy atom. The predicted octanol–water partition coefficient (Wildman–Crippen LogP) is 5.14. The Morgan fingerprint density at radius 3 is 2.60 bits per heavy atom. The van der Waals surface area contributed by atoms with Crippen LogP contribution in [0.3, 0.4) is 0 Å². The Kier molecular flexibility index (Phi) is 2.41. The van der Waals surface area contributed by atoms with E-state index in [0.29, 0.717) is 12.0 Å². The smallest absolute Gasteiger partial charge is 0.368 e. The molecule has 3 aromatic rings. The number of hydrogen-bond acceptors (Lipinski definition) is 2. The zero-order chi connectivity index (χ0) is 13.9. The fourth-order valence-electron chi connectivity index (χ4n) is 2.54. The summed E-state index contributed by atoms with van der Waals surface area (Å²) in [5.41, 5.74) is 0.482. The van der Waals surface area contributed by atoms with Gasteiger partial charge in [-0.1, -0.05) is 6.07 Å². The van der Waals surface area contributed by atoms with Gasteiger partial charge in [0.15, 0.2) is 0 Å². The normalized spacial score (nSPS) is 18.9. The molecule has 0 bridgehead atoms. The van der Waals surface area contributed by atoms with Gasteiger partial charge >= 0.3 is 6.18 Å². The first kappa shape index (κ1) is 12.2. The average molecular weight is 294 g/mol. The van der Waals surface area contributed by atoms with Crippen LogP contribution in [0.1, 0.15) is 17.2 Å². The number of benzene rings is 2. The molecule has 0 aliphatic carbocycles. The summed E-state index contributed by atoms with van der Waals surface area (Å²) >= 11 is 1.55. The molecule has 1 nitrogen and oxygen atoms in total. The maximum Gasteiger partial charge on any atom is 0.416 e. The fraction of sp³-hybridized carbons (Fsp3) is 0.200. The van der Waals surface area contributed by atoms with Crippen molar-refractivity contribution in [2.24, 2.45) is 0 Å². The van der Waals surface area contributed by atoms with Crippen LogP contribution in [0.4, 0.5) is 13.2 Å². The van der Waals surface area contributed by atoms with Gasteiger partial charge in [-0.15, -0.1) is 11.3 Å². The number of fused-ring (bicyclic) bond motifs is 3. The van der Waals surface area contributed by atoms with Gasteiger partial charge in [0.25, 0.3) is 0 Å². The van der Waals surface area contributed by atoms with E-state index in [4.69, 9.17) is 4.74 Å². The van der Waals surface area contributed by atoms with Gasteiger partial charge in [-0.3, -0.25) is 0 Å². The van der Waals surface area contributed by atoms with E-state index >= 15 is 0 Å². The highest BCUT2D eigenvalue weighted by molar-refractivity contribution is 7.17. The molecule has 2 aromatic carbocycles. The van der Waals surface area contributed by atoms with Crippen molar-refractivity contribution in [2.45, 2.75) is 12.3 Å². The molecule has 0 N–H and O–H groups in total. The summed E-state index contributed by atoms with van der Waals surface area (Å²) in [6.45, 7) is 0.694. The maximum atomic E-state index is 12.8. The van der Waals surface area contributed by atoms with Crippen LogP contribution < -0.4 is 0 Å². The number of epoxide rings is 1. The third-order valence-electron chi connectivity index (χ3n) is 3.59. The fourth-order valence-corrected chi connectivity index (χ4v) is 3.51. The largest absolute Gasteiger partial charge is 0.416 e. The lowest BCUT2D eigenvalue weighted by molar-refractivity contribution is -0.137. The molecule has 4 rings (SSSR count). The van der Waals surface area contributed by atoms with E-state index < -0.39 is 11.7 Å². The third kappa shape index (κ3) is 1.81. The molecule has 20 heavy (non-hydrogen) atoms. The molecular formula is C15H9F3OS. The minimum Gasteiger partial charge on any atom is -0.368 e. The van der Waals surface area contributed by atoms with Gasteiger partial charge in [0.1, 0.15) is 6.10 Å². The van der Waals surface area contributed by atoms with E-state index in [2.05, 4.69) is 0 Å². The molecular weight excluding hydrogens is 285 g/mol. The number of ether oxygens (including phenoxy) is 1. The molecule has 0 saturated carbocycles. The zero-order valence-electron chi connectivity index (χ0n) is 10.2. The van der Waals surface area contributed by atoms with Gasteiger partial charge < -0.3 is 4.74 Å². The Labute approximate surface area is 116 Å². The van der Waals surface area contributed by atoms with Crippen LogP contribution in [-0.4, -0.2) is 6.61 Å². The minimum atomic E-state index is -4.31. The van der Waals surface area contributed by atoms with Crippen molar-refractivity contribution < 1.29 is 17.9 Å². The molecule has 102 valence electrons. The molecule has 1 aliphatic heterocycles. The third-order valence-corrected chi connectivity index (χ3v) is 4.55. The van der Waals surface area contributed by atoms with E-state index in [1.165, 1.54) is 6.07 Å². The first-order chi connectivity index (χ1) is 9.54.